The summed E-state index contributed by atoms with van der Waals surface area (Å²) < 4.78 is 13.0. The van der Waals surface area contributed by atoms with E-state index in [0.29, 0.717) is 0 Å². The Labute approximate surface area is 102 Å². The van der Waals surface area contributed by atoms with E-state index in [0.717, 1.165) is 25.1 Å². The molecule has 4 heteroatoms. The number of hydrogen-bond donors (Lipinski definition) is 1. The molecular weight excluding hydrogens is 227 g/mol. The molecule has 0 bridgehead atoms. The van der Waals surface area contributed by atoms with Crippen LogP contribution < -0.4 is 5.73 Å². The molecule has 0 aliphatic carbocycles. The van der Waals surface area contributed by atoms with Gasteiger partial charge in [-0.1, -0.05) is 12.1 Å². The lowest BCUT2D eigenvalue weighted by molar-refractivity contribution is 0.259. The van der Waals surface area contributed by atoms with Crippen molar-refractivity contribution in [2.24, 2.45) is 5.73 Å². The van der Waals surface area contributed by atoms with E-state index < -0.39 is 0 Å². The highest BCUT2D eigenvalue weighted by atomic mass is 35.5. The molecular formula is C12H18ClFN2. The quantitative estimate of drug-likeness (QED) is 0.865. The minimum Gasteiger partial charge on any atom is -0.326 e. The number of rotatable bonds is 2. The Morgan fingerprint density at radius 3 is 2.81 bits per heavy atom. The van der Waals surface area contributed by atoms with E-state index >= 15 is 0 Å². The zero-order valence-electron chi connectivity index (χ0n) is 9.40. The number of benzene rings is 1. The van der Waals surface area contributed by atoms with E-state index in [1.165, 1.54) is 6.07 Å². The van der Waals surface area contributed by atoms with Gasteiger partial charge < -0.3 is 5.73 Å². The molecule has 0 amide bonds. The van der Waals surface area contributed by atoms with Crippen molar-refractivity contribution >= 4 is 12.4 Å². The fraction of sp³-hybridized carbons (Fsp3) is 0.500. The monoisotopic (exact) mass is 244 g/mol. The number of hydrogen-bond acceptors (Lipinski definition) is 2. The highest BCUT2D eigenvalue weighted by molar-refractivity contribution is 5.85. The molecule has 0 saturated carbocycles. The molecule has 0 aromatic heterocycles. The summed E-state index contributed by atoms with van der Waals surface area (Å²) in [5.41, 5.74) is 6.89. The molecule has 0 spiro atoms. The van der Waals surface area contributed by atoms with Crippen molar-refractivity contribution in [2.45, 2.75) is 25.4 Å². The molecule has 1 heterocycles. The lowest BCUT2D eigenvalue weighted by Crippen LogP contribution is -2.28. The summed E-state index contributed by atoms with van der Waals surface area (Å²) in [4.78, 5) is 2.31. The van der Waals surface area contributed by atoms with Crippen molar-refractivity contribution in [1.29, 1.82) is 0 Å². The summed E-state index contributed by atoms with van der Waals surface area (Å²) in [5, 5.41) is 0. The summed E-state index contributed by atoms with van der Waals surface area (Å²) in [7, 11) is 0. The Morgan fingerprint density at radius 2 is 2.25 bits per heavy atom. The predicted molar refractivity (Wildman–Crippen MR) is 66.2 cm³/mol. The highest BCUT2D eigenvalue weighted by Gasteiger charge is 2.24. The number of nitrogens with two attached hydrogens (primary N) is 1. The van der Waals surface area contributed by atoms with Crippen LogP contribution in [0.3, 0.4) is 0 Å². The third-order valence-electron chi connectivity index (χ3n) is 3.13. The van der Waals surface area contributed by atoms with Crippen molar-refractivity contribution in [3.63, 3.8) is 0 Å². The zero-order valence-corrected chi connectivity index (χ0v) is 10.2. The molecule has 1 aromatic carbocycles. The van der Waals surface area contributed by atoms with Crippen molar-refractivity contribution < 1.29 is 4.39 Å². The van der Waals surface area contributed by atoms with Gasteiger partial charge in [0.15, 0.2) is 0 Å². The van der Waals surface area contributed by atoms with Gasteiger partial charge in [0, 0.05) is 25.2 Å². The van der Waals surface area contributed by atoms with Gasteiger partial charge >= 0.3 is 0 Å². The molecule has 1 aliphatic rings. The van der Waals surface area contributed by atoms with Crippen LogP contribution in [0.2, 0.25) is 0 Å². The van der Waals surface area contributed by atoms with Crippen LogP contribution in [0.4, 0.5) is 4.39 Å². The molecule has 2 nitrogen and oxygen atoms in total. The summed E-state index contributed by atoms with van der Waals surface area (Å²) in [6.45, 7) is 4.03. The standard InChI is InChI=1S/C12H17FN2.ClH/c1-9(15-6-5-12(14)8-15)10-3-2-4-11(13)7-10;/h2-4,7,9,12H,5-6,8,14H2,1H3;1H. The molecule has 2 N–H and O–H groups in total. The Morgan fingerprint density at radius 1 is 1.50 bits per heavy atom. The smallest absolute Gasteiger partial charge is 0.123 e. The van der Waals surface area contributed by atoms with Crippen molar-refractivity contribution in [2.75, 3.05) is 13.1 Å². The van der Waals surface area contributed by atoms with Crippen molar-refractivity contribution in [1.82, 2.24) is 4.90 Å². The Hall–Kier alpha value is -0.640. The summed E-state index contributed by atoms with van der Waals surface area (Å²) in [6, 6.07) is 7.35. The number of likely N-dealkylation sites (tertiary alicyclic amines) is 1. The first-order valence-electron chi connectivity index (χ1n) is 5.42. The first kappa shape index (κ1) is 13.4. The Bertz CT molecular complexity index is 346. The van der Waals surface area contributed by atoms with Gasteiger partial charge in [-0.15, -0.1) is 12.4 Å². The van der Waals surface area contributed by atoms with Gasteiger partial charge in [-0.2, -0.15) is 0 Å². The lowest BCUT2D eigenvalue weighted by atomic mass is 10.1. The van der Waals surface area contributed by atoms with E-state index in [1.807, 2.05) is 6.07 Å². The normalized spacial score (nSPS) is 22.8. The van der Waals surface area contributed by atoms with Crippen molar-refractivity contribution in [3.05, 3.63) is 35.6 Å². The summed E-state index contributed by atoms with van der Waals surface area (Å²) in [6.07, 6.45) is 1.04. The summed E-state index contributed by atoms with van der Waals surface area (Å²) >= 11 is 0. The van der Waals surface area contributed by atoms with E-state index in [4.69, 9.17) is 5.73 Å². The Kier molecular flexibility index (Phi) is 4.71. The van der Waals surface area contributed by atoms with Gasteiger partial charge in [-0.05, 0) is 31.0 Å². The minimum atomic E-state index is -0.164. The van der Waals surface area contributed by atoms with Crippen LogP contribution >= 0.6 is 12.4 Å². The second kappa shape index (κ2) is 5.62. The molecule has 16 heavy (non-hydrogen) atoms. The third-order valence-corrected chi connectivity index (χ3v) is 3.13. The minimum absolute atomic E-state index is 0. The average molecular weight is 245 g/mol. The van der Waals surface area contributed by atoms with Gasteiger partial charge in [0.05, 0.1) is 0 Å². The first-order chi connectivity index (χ1) is 7.16. The number of halogens is 2. The molecule has 2 atom stereocenters. The molecule has 1 saturated heterocycles. The van der Waals surface area contributed by atoms with Gasteiger partial charge in [0.2, 0.25) is 0 Å². The summed E-state index contributed by atoms with van der Waals surface area (Å²) in [5.74, 6) is -0.164. The highest BCUT2D eigenvalue weighted by Crippen LogP contribution is 2.24. The fourth-order valence-electron chi connectivity index (χ4n) is 2.14. The van der Waals surface area contributed by atoms with E-state index in [-0.39, 0.29) is 30.3 Å². The van der Waals surface area contributed by atoms with Crippen LogP contribution in [-0.4, -0.2) is 24.0 Å². The molecule has 90 valence electrons. The largest absolute Gasteiger partial charge is 0.326 e. The fourth-order valence-corrected chi connectivity index (χ4v) is 2.14. The van der Waals surface area contributed by atoms with Gasteiger partial charge in [-0.25, -0.2) is 4.39 Å². The maximum Gasteiger partial charge on any atom is 0.123 e. The van der Waals surface area contributed by atoms with Crippen LogP contribution in [0.1, 0.15) is 24.9 Å². The topological polar surface area (TPSA) is 29.3 Å². The molecule has 1 fully saturated rings. The SMILES string of the molecule is CC(c1cccc(F)c1)N1CCC(N)C1.Cl. The van der Waals surface area contributed by atoms with Crippen LogP contribution in [0, 0.1) is 5.82 Å². The van der Waals surface area contributed by atoms with Gasteiger partial charge in [0.1, 0.15) is 5.82 Å². The predicted octanol–water partition coefficient (Wildman–Crippen LogP) is 2.34. The number of nitrogens with zero attached hydrogens (tertiary/aromatic N) is 1. The van der Waals surface area contributed by atoms with Crippen LogP contribution in [0.5, 0.6) is 0 Å². The van der Waals surface area contributed by atoms with Gasteiger partial charge in [-0.3, -0.25) is 4.90 Å². The van der Waals surface area contributed by atoms with Crippen LogP contribution in [0.15, 0.2) is 24.3 Å². The van der Waals surface area contributed by atoms with Crippen molar-refractivity contribution in [3.8, 4) is 0 Å². The van der Waals surface area contributed by atoms with E-state index in [2.05, 4.69) is 11.8 Å². The van der Waals surface area contributed by atoms with Crippen LogP contribution in [-0.2, 0) is 0 Å². The second-order valence-corrected chi connectivity index (χ2v) is 4.27. The average Bonchev–Trinajstić information content (AvgIpc) is 2.64. The van der Waals surface area contributed by atoms with E-state index in [9.17, 15) is 4.39 Å². The van der Waals surface area contributed by atoms with E-state index in [1.54, 1.807) is 12.1 Å². The zero-order chi connectivity index (χ0) is 10.8. The lowest BCUT2D eigenvalue weighted by Gasteiger charge is -2.24. The van der Waals surface area contributed by atoms with Crippen LogP contribution in [0.25, 0.3) is 0 Å². The maximum atomic E-state index is 13.0. The first-order valence-corrected chi connectivity index (χ1v) is 5.42. The molecule has 1 aliphatic heterocycles. The third kappa shape index (κ3) is 2.94. The van der Waals surface area contributed by atoms with Gasteiger partial charge in [0.25, 0.3) is 0 Å². The Balaban J connectivity index is 0.00000128. The molecule has 0 radical (unpaired) electrons. The molecule has 2 rings (SSSR count). The maximum absolute atomic E-state index is 13.0. The molecule has 2 unspecified atom stereocenters. The second-order valence-electron chi connectivity index (χ2n) is 4.27. The molecule has 1 aromatic rings.